The molecule has 0 saturated heterocycles. The van der Waals surface area contributed by atoms with Crippen LogP contribution in [0.5, 0.6) is 5.75 Å². The number of pyridine rings is 1. The first kappa shape index (κ1) is 11.5. The van der Waals surface area contributed by atoms with Crippen molar-refractivity contribution in [1.82, 2.24) is 4.98 Å². The molecule has 1 aliphatic rings. The van der Waals surface area contributed by atoms with E-state index >= 15 is 0 Å². The first-order chi connectivity index (χ1) is 7.69. The van der Waals surface area contributed by atoms with E-state index < -0.39 is 0 Å². The molecule has 1 fully saturated rings. The Balaban J connectivity index is 1.90. The molecule has 0 spiro atoms. The van der Waals surface area contributed by atoms with Crippen molar-refractivity contribution in [2.45, 2.75) is 18.2 Å². The van der Waals surface area contributed by atoms with Crippen LogP contribution >= 0.6 is 11.6 Å². The summed E-state index contributed by atoms with van der Waals surface area (Å²) in [6.45, 7) is 1.03. The average molecular weight is 241 g/mol. The van der Waals surface area contributed by atoms with Crippen LogP contribution in [0, 0.1) is 5.92 Å². The fourth-order valence-electron chi connectivity index (χ4n) is 2.00. The lowest BCUT2D eigenvalue weighted by molar-refractivity contribution is 0.328. The van der Waals surface area contributed by atoms with Gasteiger partial charge in [-0.2, -0.15) is 0 Å². The Labute approximate surface area is 101 Å². The second kappa shape index (κ2) is 4.91. The topological polar surface area (TPSA) is 25.4 Å². The largest absolute Gasteiger partial charge is 0.495 e. The number of methoxy groups -OCH3 is 1. The lowest BCUT2D eigenvalue weighted by Gasteiger charge is -2.34. The number of hydrogen-bond donors (Lipinski definition) is 0. The Morgan fingerprint density at radius 3 is 2.75 bits per heavy atom. The summed E-state index contributed by atoms with van der Waals surface area (Å²) in [5.41, 5.74) is 0. The van der Waals surface area contributed by atoms with Crippen LogP contribution in [0.1, 0.15) is 12.8 Å². The van der Waals surface area contributed by atoms with Gasteiger partial charge in [0.1, 0.15) is 11.6 Å². The van der Waals surface area contributed by atoms with E-state index in [1.807, 2.05) is 12.1 Å². The van der Waals surface area contributed by atoms with Gasteiger partial charge in [-0.15, -0.1) is 11.6 Å². The van der Waals surface area contributed by atoms with Crippen LogP contribution < -0.4 is 9.64 Å². The molecular formula is C12H17ClN2O. The van der Waals surface area contributed by atoms with Gasteiger partial charge >= 0.3 is 0 Å². The first-order valence-electron chi connectivity index (χ1n) is 5.54. The Kier molecular flexibility index (Phi) is 3.54. The van der Waals surface area contributed by atoms with E-state index in [4.69, 9.17) is 16.3 Å². The molecule has 1 heterocycles. The van der Waals surface area contributed by atoms with Gasteiger partial charge in [-0.25, -0.2) is 4.98 Å². The van der Waals surface area contributed by atoms with Crippen molar-refractivity contribution < 1.29 is 4.74 Å². The summed E-state index contributed by atoms with van der Waals surface area (Å²) >= 11 is 5.96. The molecule has 16 heavy (non-hydrogen) atoms. The van der Waals surface area contributed by atoms with Crippen molar-refractivity contribution in [2.75, 3.05) is 25.6 Å². The quantitative estimate of drug-likeness (QED) is 0.757. The smallest absolute Gasteiger partial charge is 0.137 e. The number of ether oxygens (including phenoxy) is 1. The highest BCUT2D eigenvalue weighted by Crippen LogP contribution is 2.32. The number of halogens is 1. The molecule has 2 rings (SSSR count). The van der Waals surface area contributed by atoms with E-state index in [0.29, 0.717) is 5.38 Å². The monoisotopic (exact) mass is 240 g/mol. The minimum atomic E-state index is 0.391. The van der Waals surface area contributed by atoms with Crippen molar-refractivity contribution in [3.63, 3.8) is 0 Å². The predicted molar refractivity (Wildman–Crippen MR) is 66.4 cm³/mol. The maximum atomic E-state index is 5.96. The van der Waals surface area contributed by atoms with Gasteiger partial charge in [0, 0.05) is 19.0 Å². The van der Waals surface area contributed by atoms with Crippen molar-refractivity contribution in [2.24, 2.45) is 5.92 Å². The van der Waals surface area contributed by atoms with E-state index in [0.717, 1.165) is 36.9 Å². The number of aromatic nitrogens is 1. The lowest BCUT2D eigenvalue weighted by atomic mass is 9.84. The number of rotatable bonds is 4. The molecule has 0 aliphatic heterocycles. The molecule has 0 amide bonds. The van der Waals surface area contributed by atoms with Gasteiger partial charge in [-0.1, -0.05) is 0 Å². The van der Waals surface area contributed by atoms with Crippen LogP contribution in [0.15, 0.2) is 18.3 Å². The van der Waals surface area contributed by atoms with Crippen LogP contribution in [0.25, 0.3) is 0 Å². The van der Waals surface area contributed by atoms with Gasteiger partial charge in [0.05, 0.1) is 13.3 Å². The molecule has 1 saturated carbocycles. The van der Waals surface area contributed by atoms with E-state index in [1.165, 1.54) is 0 Å². The highest BCUT2D eigenvalue weighted by molar-refractivity contribution is 6.21. The Hall–Kier alpha value is -0.960. The minimum absolute atomic E-state index is 0.391. The molecule has 0 aromatic carbocycles. The summed E-state index contributed by atoms with van der Waals surface area (Å²) in [4.78, 5) is 6.52. The van der Waals surface area contributed by atoms with Gasteiger partial charge < -0.3 is 9.64 Å². The van der Waals surface area contributed by atoms with Crippen molar-refractivity contribution in [3.05, 3.63) is 18.3 Å². The third kappa shape index (κ3) is 2.59. The molecule has 0 unspecified atom stereocenters. The molecule has 1 aromatic rings. The maximum absolute atomic E-state index is 5.96. The molecule has 4 heteroatoms. The number of alkyl halides is 1. The summed E-state index contributed by atoms with van der Waals surface area (Å²) < 4.78 is 5.08. The summed E-state index contributed by atoms with van der Waals surface area (Å²) in [7, 11) is 3.71. The summed E-state index contributed by atoms with van der Waals surface area (Å²) in [5.74, 6) is 2.50. The van der Waals surface area contributed by atoms with Crippen LogP contribution in [-0.4, -0.2) is 31.1 Å². The molecule has 1 aliphatic carbocycles. The molecule has 88 valence electrons. The zero-order valence-electron chi connectivity index (χ0n) is 9.69. The molecule has 1 aromatic heterocycles. The van der Waals surface area contributed by atoms with Gasteiger partial charge in [0.15, 0.2) is 0 Å². The Morgan fingerprint density at radius 1 is 1.50 bits per heavy atom. The molecule has 0 atom stereocenters. The molecule has 3 nitrogen and oxygen atoms in total. The van der Waals surface area contributed by atoms with Gasteiger partial charge in [-0.05, 0) is 30.9 Å². The number of nitrogens with zero attached hydrogens (tertiary/aromatic N) is 2. The highest BCUT2D eigenvalue weighted by Gasteiger charge is 2.28. The van der Waals surface area contributed by atoms with Crippen LogP contribution in [0.2, 0.25) is 0 Å². The second-order valence-electron chi connectivity index (χ2n) is 4.37. The molecule has 0 radical (unpaired) electrons. The molecule has 0 N–H and O–H groups in total. The molecular weight excluding hydrogens is 224 g/mol. The first-order valence-corrected chi connectivity index (χ1v) is 5.98. The Morgan fingerprint density at radius 2 is 2.25 bits per heavy atom. The highest BCUT2D eigenvalue weighted by atomic mass is 35.5. The van der Waals surface area contributed by atoms with Crippen LogP contribution in [-0.2, 0) is 0 Å². The zero-order valence-corrected chi connectivity index (χ0v) is 10.4. The predicted octanol–water partition coefficient (Wildman–Crippen LogP) is 2.54. The van der Waals surface area contributed by atoms with E-state index in [-0.39, 0.29) is 0 Å². The van der Waals surface area contributed by atoms with Crippen molar-refractivity contribution in [3.8, 4) is 5.75 Å². The molecule has 0 bridgehead atoms. The summed E-state index contributed by atoms with van der Waals surface area (Å²) in [5, 5.41) is 0.391. The van der Waals surface area contributed by atoms with E-state index in [2.05, 4.69) is 16.9 Å². The van der Waals surface area contributed by atoms with E-state index in [9.17, 15) is 0 Å². The summed E-state index contributed by atoms with van der Waals surface area (Å²) in [6.07, 6.45) is 4.00. The van der Waals surface area contributed by atoms with E-state index in [1.54, 1.807) is 13.3 Å². The fraction of sp³-hybridized carbons (Fsp3) is 0.583. The van der Waals surface area contributed by atoms with Crippen LogP contribution in [0.4, 0.5) is 5.82 Å². The van der Waals surface area contributed by atoms with Crippen molar-refractivity contribution in [1.29, 1.82) is 0 Å². The second-order valence-corrected chi connectivity index (χ2v) is 4.99. The average Bonchev–Trinajstić information content (AvgIpc) is 2.27. The normalized spacial score (nSPS) is 23.7. The fourth-order valence-corrected chi connectivity index (χ4v) is 2.51. The van der Waals surface area contributed by atoms with Crippen molar-refractivity contribution >= 4 is 17.4 Å². The maximum Gasteiger partial charge on any atom is 0.137 e. The SMILES string of the molecule is COc1ccc(N(C)CC2CC(Cl)C2)nc1. The Bertz CT molecular complexity index is 335. The summed E-state index contributed by atoms with van der Waals surface area (Å²) in [6, 6.07) is 3.92. The third-order valence-electron chi connectivity index (χ3n) is 3.06. The zero-order chi connectivity index (χ0) is 11.5. The number of hydrogen-bond acceptors (Lipinski definition) is 3. The number of anilines is 1. The standard InChI is InChI=1S/C12H17ClN2O/c1-15(8-9-5-10(13)6-9)12-4-3-11(16-2)7-14-12/h3-4,7,9-10H,5-6,8H2,1-2H3. The van der Waals surface area contributed by atoms with Gasteiger partial charge in [0.25, 0.3) is 0 Å². The third-order valence-corrected chi connectivity index (χ3v) is 3.41. The van der Waals surface area contributed by atoms with Gasteiger partial charge in [0.2, 0.25) is 0 Å². The van der Waals surface area contributed by atoms with Gasteiger partial charge in [-0.3, -0.25) is 0 Å². The minimum Gasteiger partial charge on any atom is -0.495 e. The lowest BCUT2D eigenvalue weighted by Crippen LogP contribution is -2.35. The van der Waals surface area contributed by atoms with Crippen LogP contribution in [0.3, 0.4) is 0 Å².